The van der Waals surface area contributed by atoms with Crippen LogP contribution in [0, 0.1) is 6.92 Å². The minimum Gasteiger partial charge on any atom is -0.490 e. The molecule has 3 heterocycles. The molecule has 0 atom stereocenters. The van der Waals surface area contributed by atoms with Gasteiger partial charge >= 0.3 is 12.1 Å². The predicted octanol–water partition coefficient (Wildman–Crippen LogP) is 4.43. The Hall–Kier alpha value is -5.60. The number of ether oxygens (including phenoxy) is 4. The fourth-order valence-corrected chi connectivity index (χ4v) is 4.85. The lowest BCUT2D eigenvalue weighted by Gasteiger charge is -2.33. The van der Waals surface area contributed by atoms with Crippen LogP contribution < -0.4 is 20.1 Å². The second-order valence-corrected chi connectivity index (χ2v) is 11.9. The van der Waals surface area contributed by atoms with Gasteiger partial charge in [-0.25, -0.2) is 19.6 Å². The number of carbonyl (C=O) groups is 4. The number of rotatable bonds is 9. The first-order valence-corrected chi connectivity index (χ1v) is 15.0. The topological polar surface area (TPSA) is 190 Å². The van der Waals surface area contributed by atoms with Gasteiger partial charge in [-0.15, -0.1) is 0 Å². The number of aromatic nitrogens is 4. The van der Waals surface area contributed by atoms with Crippen molar-refractivity contribution < 1.29 is 38.1 Å². The molecule has 1 saturated heterocycles. The summed E-state index contributed by atoms with van der Waals surface area (Å²) in [4.78, 5) is 65.7. The van der Waals surface area contributed by atoms with E-state index >= 15 is 0 Å². The van der Waals surface area contributed by atoms with Crippen molar-refractivity contribution in [1.29, 1.82) is 0 Å². The van der Waals surface area contributed by atoms with Gasteiger partial charge in [0.25, 0.3) is 11.8 Å². The number of piperidine rings is 1. The van der Waals surface area contributed by atoms with Crippen molar-refractivity contribution in [2.45, 2.75) is 52.2 Å². The molecule has 2 aromatic heterocycles. The Labute approximate surface area is 270 Å². The number of amides is 3. The molecule has 0 radical (unpaired) electrons. The maximum Gasteiger partial charge on any atom is 0.410 e. The van der Waals surface area contributed by atoms with E-state index in [0.717, 1.165) is 5.56 Å². The van der Waals surface area contributed by atoms with Crippen LogP contribution in [0.2, 0.25) is 0 Å². The highest BCUT2D eigenvalue weighted by Crippen LogP contribution is 2.26. The average molecular weight is 648 g/mol. The van der Waals surface area contributed by atoms with Gasteiger partial charge in [-0.05, 0) is 63.6 Å². The van der Waals surface area contributed by atoms with Gasteiger partial charge in [0.2, 0.25) is 5.95 Å². The Balaban J connectivity index is 1.16. The molecule has 4 N–H and O–H groups in total. The molecule has 0 saturated carbocycles. The van der Waals surface area contributed by atoms with Crippen LogP contribution in [-0.2, 0) is 14.3 Å². The number of hydrogen-bond acceptors (Lipinski definition) is 10. The molecule has 2 aromatic carbocycles. The molecule has 1 aliphatic heterocycles. The zero-order chi connectivity index (χ0) is 33.7. The number of nitrogens with one attached hydrogen (secondary N) is 4. The van der Waals surface area contributed by atoms with Crippen LogP contribution in [0.5, 0.6) is 11.5 Å². The summed E-state index contributed by atoms with van der Waals surface area (Å²) in [5.41, 5.74) is 1.67. The smallest absolute Gasteiger partial charge is 0.410 e. The lowest BCUT2D eigenvalue weighted by Crippen LogP contribution is -2.44. The number of benzene rings is 2. The van der Waals surface area contributed by atoms with E-state index in [1.165, 1.54) is 13.4 Å². The summed E-state index contributed by atoms with van der Waals surface area (Å²) in [7, 11) is 1.27. The summed E-state index contributed by atoms with van der Waals surface area (Å²) in [6, 6.07) is 10.2. The average Bonchev–Trinajstić information content (AvgIpc) is 3.68. The number of esters is 1. The van der Waals surface area contributed by atoms with E-state index < -0.39 is 23.4 Å². The predicted molar refractivity (Wildman–Crippen MR) is 171 cm³/mol. The highest BCUT2D eigenvalue weighted by molar-refractivity contribution is 6.13. The number of anilines is 2. The van der Waals surface area contributed by atoms with Gasteiger partial charge in [0.15, 0.2) is 12.3 Å². The first kappa shape index (κ1) is 32.8. The fourth-order valence-electron chi connectivity index (χ4n) is 4.85. The van der Waals surface area contributed by atoms with Crippen LogP contribution in [0.15, 0.2) is 42.7 Å². The van der Waals surface area contributed by atoms with Crippen molar-refractivity contribution in [2.75, 3.05) is 37.4 Å². The molecule has 0 unspecified atom stereocenters. The Morgan fingerprint density at radius 3 is 2.45 bits per heavy atom. The molecule has 0 aliphatic carbocycles. The molecule has 15 nitrogen and oxygen atoms in total. The van der Waals surface area contributed by atoms with E-state index in [4.69, 9.17) is 14.2 Å². The molecule has 1 aliphatic rings. The second-order valence-electron chi connectivity index (χ2n) is 11.9. The molecule has 0 bridgehead atoms. The molecular weight excluding hydrogens is 610 g/mol. The number of carbonyl (C=O) groups excluding carboxylic acids is 4. The molecule has 1 fully saturated rings. The van der Waals surface area contributed by atoms with Gasteiger partial charge in [0, 0.05) is 37.7 Å². The number of nitrogens with zero attached hydrogens (tertiary/aromatic N) is 3. The number of aromatic amines is 2. The quantitative estimate of drug-likeness (QED) is 0.189. The lowest BCUT2D eigenvalue weighted by molar-refractivity contribution is -0.142. The molecule has 0 spiro atoms. The number of fused-ring (bicyclic) bond motifs is 1. The zero-order valence-electron chi connectivity index (χ0n) is 26.8. The van der Waals surface area contributed by atoms with Crippen LogP contribution in [0.25, 0.3) is 11.0 Å². The summed E-state index contributed by atoms with van der Waals surface area (Å²) < 4.78 is 21.6. The van der Waals surface area contributed by atoms with Crippen molar-refractivity contribution in [3.63, 3.8) is 0 Å². The highest BCUT2D eigenvalue weighted by atomic mass is 16.6. The minimum atomic E-state index is -0.632. The van der Waals surface area contributed by atoms with Crippen LogP contribution in [-0.4, -0.2) is 87.2 Å². The Morgan fingerprint density at radius 2 is 1.74 bits per heavy atom. The van der Waals surface area contributed by atoms with Crippen molar-refractivity contribution >= 4 is 46.5 Å². The molecule has 4 aromatic rings. The molecule has 5 rings (SSSR count). The van der Waals surface area contributed by atoms with Gasteiger partial charge in [0.1, 0.15) is 28.9 Å². The van der Waals surface area contributed by atoms with Crippen molar-refractivity contribution in [2.24, 2.45) is 0 Å². The number of likely N-dealkylation sites (tertiary alicyclic amines) is 1. The van der Waals surface area contributed by atoms with Gasteiger partial charge < -0.3 is 39.1 Å². The normalized spacial score (nSPS) is 13.6. The van der Waals surface area contributed by atoms with Crippen LogP contribution in [0.3, 0.4) is 0 Å². The number of imidazole rings is 2. The molecule has 47 heavy (non-hydrogen) atoms. The largest absolute Gasteiger partial charge is 0.490 e. The highest BCUT2D eigenvalue weighted by Gasteiger charge is 2.28. The summed E-state index contributed by atoms with van der Waals surface area (Å²) in [5.74, 6) is -0.560. The summed E-state index contributed by atoms with van der Waals surface area (Å²) in [6.45, 7) is 8.18. The van der Waals surface area contributed by atoms with Gasteiger partial charge in [0.05, 0.1) is 24.5 Å². The molecule has 3 amide bonds. The van der Waals surface area contributed by atoms with Gasteiger partial charge in [-0.3, -0.25) is 14.9 Å². The van der Waals surface area contributed by atoms with Crippen molar-refractivity contribution in [3.8, 4) is 11.5 Å². The SMILES string of the molecule is COC(=O)COc1ccc2[nH]c(NC(=O)c3[nH]cnc3C(=O)Nc3ccc(OC4CCN(C(=O)OC(C)(C)C)CC4)cc3C)nc2c1. The van der Waals surface area contributed by atoms with Crippen molar-refractivity contribution in [1.82, 2.24) is 24.8 Å². The van der Waals surface area contributed by atoms with E-state index in [1.54, 1.807) is 35.2 Å². The van der Waals surface area contributed by atoms with Gasteiger partial charge in [-0.1, -0.05) is 0 Å². The molecular formula is C32H37N7O8. The Kier molecular flexibility index (Phi) is 9.63. The first-order chi connectivity index (χ1) is 22.4. The summed E-state index contributed by atoms with van der Waals surface area (Å²) >= 11 is 0. The molecule has 15 heteroatoms. The van der Waals surface area contributed by atoms with E-state index in [-0.39, 0.29) is 36.1 Å². The maximum atomic E-state index is 13.2. The third-order valence-corrected chi connectivity index (χ3v) is 7.19. The van der Waals surface area contributed by atoms with Crippen LogP contribution in [0.4, 0.5) is 16.4 Å². The number of H-pyrrole nitrogens is 2. The third-order valence-electron chi connectivity index (χ3n) is 7.19. The Bertz CT molecular complexity index is 1780. The van der Waals surface area contributed by atoms with Gasteiger partial charge in [-0.2, -0.15) is 0 Å². The minimum absolute atomic E-state index is 0.0552. The van der Waals surface area contributed by atoms with E-state index in [9.17, 15) is 19.2 Å². The van der Waals surface area contributed by atoms with E-state index in [1.807, 2.05) is 33.8 Å². The number of hydrogen-bond donors (Lipinski definition) is 4. The van der Waals surface area contributed by atoms with Crippen LogP contribution >= 0.6 is 0 Å². The second kappa shape index (κ2) is 13.8. The van der Waals surface area contributed by atoms with E-state index in [0.29, 0.717) is 54.2 Å². The van der Waals surface area contributed by atoms with Crippen LogP contribution in [0.1, 0.15) is 60.2 Å². The fraction of sp³-hybridized carbons (Fsp3) is 0.375. The molecule has 248 valence electrons. The van der Waals surface area contributed by atoms with E-state index in [2.05, 4.69) is 35.3 Å². The number of aryl methyl sites for hydroxylation is 1. The zero-order valence-corrected chi connectivity index (χ0v) is 26.8. The Morgan fingerprint density at radius 1 is 1.00 bits per heavy atom. The number of methoxy groups -OCH3 is 1. The maximum absolute atomic E-state index is 13.2. The lowest BCUT2D eigenvalue weighted by atomic mass is 10.1. The summed E-state index contributed by atoms with van der Waals surface area (Å²) in [5, 5.41) is 5.44. The van der Waals surface area contributed by atoms with Crippen molar-refractivity contribution in [3.05, 3.63) is 59.7 Å². The monoisotopic (exact) mass is 647 g/mol. The third kappa shape index (κ3) is 8.36. The summed E-state index contributed by atoms with van der Waals surface area (Å²) in [6.07, 6.45) is 2.21. The standard InChI is InChI=1S/C32H37N7O8/c1-18-14-21(46-19-10-12-39(13-11-19)31(43)47-32(2,3)4)7-8-22(18)35-28(41)26-27(34-17-33-26)29(42)38-30-36-23-9-6-20(15-24(23)37-30)45-16-25(40)44-5/h6-9,14-15,17,19H,10-13,16H2,1-5H3,(H,33,34)(H,35,41)(H2,36,37,38,42). The first-order valence-electron chi connectivity index (χ1n) is 15.0.